The Kier molecular flexibility index (Phi) is 4.72. The summed E-state index contributed by atoms with van der Waals surface area (Å²) in [7, 11) is 0. The average Bonchev–Trinajstić information content (AvgIpc) is 2.29. The van der Waals surface area contributed by atoms with E-state index in [-0.39, 0.29) is 5.57 Å². The van der Waals surface area contributed by atoms with E-state index in [0.29, 0.717) is 5.75 Å². The van der Waals surface area contributed by atoms with Gasteiger partial charge in [0, 0.05) is 5.57 Å². The number of ether oxygens (including phenoxy) is 2. The topological polar surface area (TPSA) is 55.8 Å². The molecule has 0 fully saturated rings. The molecule has 1 rings (SSSR count). The van der Waals surface area contributed by atoms with Crippen LogP contribution in [-0.2, 0) is 9.53 Å². The number of benzene rings is 1. The number of esters is 1. The Balaban J connectivity index is 2.50. The summed E-state index contributed by atoms with van der Waals surface area (Å²) in [4.78, 5) is 11.2. The number of carbonyl (C=O) groups excluding carboxylic acids is 1. The lowest BCUT2D eigenvalue weighted by Gasteiger charge is -2.20. The summed E-state index contributed by atoms with van der Waals surface area (Å²) in [5.74, 6) is -0.0357. The molecule has 4 nitrogen and oxygen atoms in total. The van der Waals surface area contributed by atoms with Crippen LogP contribution < -0.4 is 4.74 Å². The zero-order chi connectivity index (χ0) is 12.8. The van der Waals surface area contributed by atoms with Gasteiger partial charge in [-0.05, 0) is 26.0 Å². The molecule has 1 aromatic carbocycles. The molecule has 4 heteroatoms. The summed E-state index contributed by atoms with van der Waals surface area (Å²) in [6.07, 6.45) is -1.97. The minimum atomic E-state index is -1.32. The molecule has 0 radical (unpaired) electrons. The van der Waals surface area contributed by atoms with Crippen molar-refractivity contribution in [3.05, 3.63) is 42.5 Å². The van der Waals surface area contributed by atoms with Crippen molar-refractivity contribution in [2.45, 2.75) is 26.2 Å². The third kappa shape index (κ3) is 4.28. The molecule has 0 aromatic heterocycles. The average molecular weight is 236 g/mol. The van der Waals surface area contributed by atoms with Gasteiger partial charge in [0.15, 0.2) is 6.10 Å². The Morgan fingerprint density at radius 1 is 1.35 bits per heavy atom. The van der Waals surface area contributed by atoms with Gasteiger partial charge >= 0.3 is 5.97 Å². The molecular weight excluding hydrogens is 220 g/mol. The number of aliphatic hydroxyl groups is 1. The molecule has 0 aliphatic rings. The van der Waals surface area contributed by atoms with E-state index < -0.39 is 18.4 Å². The van der Waals surface area contributed by atoms with E-state index in [4.69, 9.17) is 9.47 Å². The number of rotatable bonds is 5. The molecule has 0 spiro atoms. The van der Waals surface area contributed by atoms with Crippen LogP contribution in [0.3, 0.4) is 0 Å². The van der Waals surface area contributed by atoms with E-state index in [2.05, 4.69) is 6.58 Å². The number of para-hydroxylation sites is 1. The van der Waals surface area contributed by atoms with Gasteiger partial charge < -0.3 is 14.6 Å². The first-order valence-electron chi connectivity index (χ1n) is 5.27. The minimum Gasteiger partial charge on any atom is -0.484 e. The second-order valence-corrected chi connectivity index (χ2v) is 3.71. The summed E-state index contributed by atoms with van der Waals surface area (Å²) in [6.45, 7) is 6.55. The highest BCUT2D eigenvalue weighted by atomic mass is 16.7. The number of carbonyl (C=O) groups is 1. The van der Waals surface area contributed by atoms with E-state index >= 15 is 0 Å². The van der Waals surface area contributed by atoms with Crippen LogP contribution in [0.1, 0.15) is 13.8 Å². The van der Waals surface area contributed by atoms with Crippen LogP contribution in [0.5, 0.6) is 5.75 Å². The van der Waals surface area contributed by atoms with Gasteiger partial charge in [-0.3, -0.25) is 0 Å². The lowest BCUT2D eigenvalue weighted by Crippen LogP contribution is -2.33. The van der Waals surface area contributed by atoms with Gasteiger partial charge in [0.05, 0.1) is 0 Å². The van der Waals surface area contributed by atoms with Crippen LogP contribution in [0.15, 0.2) is 42.5 Å². The largest absolute Gasteiger partial charge is 0.484 e. The van der Waals surface area contributed by atoms with Gasteiger partial charge in [-0.2, -0.15) is 0 Å². The summed E-state index contributed by atoms with van der Waals surface area (Å²) < 4.78 is 10.1. The highest BCUT2D eigenvalue weighted by molar-refractivity contribution is 5.87. The molecule has 0 saturated carbocycles. The molecule has 0 bridgehead atoms. The zero-order valence-corrected chi connectivity index (χ0v) is 9.92. The quantitative estimate of drug-likeness (QED) is 0.482. The fourth-order valence-electron chi connectivity index (χ4n) is 1.08. The van der Waals surface area contributed by atoms with Gasteiger partial charge in [0.2, 0.25) is 6.29 Å². The summed E-state index contributed by atoms with van der Waals surface area (Å²) >= 11 is 0. The number of aliphatic hydroxyl groups excluding tert-OH is 1. The highest BCUT2D eigenvalue weighted by Crippen LogP contribution is 2.13. The fraction of sp³-hybridized carbons (Fsp3) is 0.308. The molecule has 0 aliphatic heterocycles. The maximum Gasteiger partial charge on any atom is 0.335 e. The predicted octanol–water partition coefficient (Wildman–Crippen LogP) is 1.89. The van der Waals surface area contributed by atoms with Crippen molar-refractivity contribution in [3.8, 4) is 5.75 Å². The normalized spacial score (nSPS) is 13.6. The third-order valence-corrected chi connectivity index (χ3v) is 2.04. The van der Waals surface area contributed by atoms with Gasteiger partial charge in [-0.25, -0.2) is 4.79 Å². The van der Waals surface area contributed by atoms with Crippen LogP contribution >= 0.6 is 0 Å². The van der Waals surface area contributed by atoms with E-state index in [0.717, 1.165) is 0 Å². The smallest absolute Gasteiger partial charge is 0.335 e. The Bertz CT molecular complexity index is 386. The monoisotopic (exact) mass is 236 g/mol. The second kappa shape index (κ2) is 6.06. The Labute approximate surface area is 100 Å². The molecular formula is C13H16O4. The second-order valence-electron chi connectivity index (χ2n) is 3.71. The molecule has 0 heterocycles. The zero-order valence-electron chi connectivity index (χ0n) is 9.92. The van der Waals surface area contributed by atoms with Crippen LogP contribution in [0.25, 0.3) is 0 Å². The van der Waals surface area contributed by atoms with Crippen molar-refractivity contribution in [2.24, 2.45) is 0 Å². The van der Waals surface area contributed by atoms with Gasteiger partial charge in [-0.15, -0.1) is 0 Å². The first kappa shape index (κ1) is 13.3. The van der Waals surface area contributed by atoms with Crippen LogP contribution in [0.2, 0.25) is 0 Å². The van der Waals surface area contributed by atoms with E-state index in [1.165, 1.54) is 6.92 Å². The SMILES string of the molecule is C=C(C)C(=O)OC(O)C(C)Oc1ccccc1. The first-order chi connectivity index (χ1) is 8.00. The lowest BCUT2D eigenvalue weighted by molar-refractivity contribution is -0.177. The highest BCUT2D eigenvalue weighted by Gasteiger charge is 2.20. The first-order valence-corrected chi connectivity index (χ1v) is 5.27. The lowest BCUT2D eigenvalue weighted by atomic mass is 10.3. The van der Waals surface area contributed by atoms with Crippen molar-refractivity contribution in [2.75, 3.05) is 0 Å². The predicted molar refractivity (Wildman–Crippen MR) is 63.4 cm³/mol. The Morgan fingerprint density at radius 2 is 1.94 bits per heavy atom. The van der Waals surface area contributed by atoms with Crippen molar-refractivity contribution < 1.29 is 19.4 Å². The van der Waals surface area contributed by atoms with Crippen LogP contribution in [0, 0.1) is 0 Å². The van der Waals surface area contributed by atoms with E-state index in [9.17, 15) is 9.90 Å². The molecule has 1 N–H and O–H groups in total. The molecule has 0 aliphatic carbocycles. The fourth-order valence-corrected chi connectivity index (χ4v) is 1.08. The molecule has 0 saturated heterocycles. The molecule has 1 aromatic rings. The number of hydrogen-bond acceptors (Lipinski definition) is 4. The van der Waals surface area contributed by atoms with Crippen LogP contribution in [-0.4, -0.2) is 23.5 Å². The molecule has 0 amide bonds. The van der Waals surface area contributed by atoms with Gasteiger partial charge in [0.1, 0.15) is 5.75 Å². The van der Waals surface area contributed by atoms with Crippen molar-refractivity contribution in [1.82, 2.24) is 0 Å². The molecule has 92 valence electrons. The maximum atomic E-state index is 11.2. The van der Waals surface area contributed by atoms with Gasteiger partial charge in [-0.1, -0.05) is 24.8 Å². The Morgan fingerprint density at radius 3 is 2.47 bits per heavy atom. The summed E-state index contributed by atoms with van der Waals surface area (Å²) in [5.41, 5.74) is 0.232. The molecule has 2 atom stereocenters. The van der Waals surface area contributed by atoms with E-state index in [1.54, 1.807) is 19.1 Å². The Hall–Kier alpha value is -1.81. The summed E-state index contributed by atoms with van der Waals surface area (Å²) in [5, 5.41) is 9.59. The summed E-state index contributed by atoms with van der Waals surface area (Å²) in [6, 6.07) is 8.99. The van der Waals surface area contributed by atoms with Crippen molar-refractivity contribution in [3.63, 3.8) is 0 Å². The number of hydrogen-bond donors (Lipinski definition) is 1. The molecule has 17 heavy (non-hydrogen) atoms. The van der Waals surface area contributed by atoms with Crippen molar-refractivity contribution >= 4 is 5.97 Å². The molecule has 2 unspecified atom stereocenters. The van der Waals surface area contributed by atoms with Crippen LogP contribution in [0.4, 0.5) is 0 Å². The third-order valence-electron chi connectivity index (χ3n) is 2.04. The van der Waals surface area contributed by atoms with Gasteiger partial charge in [0.25, 0.3) is 0 Å². The maximum absolute atomic E-state index is 11.2. The van der Waals surface area contributed by atoms with Crippen molar-refractivity contribution in [1.29, 1.82) is 0 Å². The van der Waals surface area contributed by atoms with E-state index in [1.807, 2.05) is 18.2 Å². The standard InChI is InChI=1S/C13H16O4/c1-9(2)12(14)17-13(15)10(3)16-11-7-5-4-6-8-11/h4-8,10,13,15H,1H2,2-3H3. The minimum absolute atomic E-state index is 0.232.